The molecule has 2 aliphatic rings. The maximum absolute atomic E-state index is 10.3. The fourth-order valence-electron chi connectivity index (χ4n) is 5.04. The van der Waals surface area contributed by atoms with Gasteiger partial charge in [0.2, 0.25) is 0 Å². The molecule has 0 aliphatic carbocycles. The number of benzene rings is 2. The summed E-state index contributed by atoms with van der Waals surface area (Å²) in [7, 11) is 0. The molecule has 0 spiro atoms. The van der Waals surface area contributed by atoms with Gasteiger partial charge in [0.1, 0.15) is 0 Å². The van der Waals surface area contributed by atoms with E-state index in [9.17, 15) is 10.2 Å². The van der Waals surface area contributed by atoms with Crippen LogP contribution in [-0.2, 0) is 13.1 Å². The molecular weight excluding hydrogens is 324 g/mol. The topological polar surface area (TPSA) is 46.9 Å². The summed E-state index contributed by atoms with van der Waals surface area (Å²) in [5.41, 5.74) is 2.08. The Kier molecular flexibility index (Phi) is 4.84. The van der Waals surface area contributed by atoms with E-state index >= 15 is 0 Å². The zero-order valence-corrected chi connectivity index (χ0v) is 15.2. The van der Waals surface area contributed by atoms with Crippen molar-refractivity contribution in [2.45, 2.75) is 13.1 Å². The van der Waals surface area contributed by atoms with Crippen molar-refractivity contribution < 1.29 is 10.2 Å². The van der Waals surface area contributed by atoms with Crippen molar-refractivity contribution in [3.63, 3.8) is 0 Å². The van der Waals surface area contributed by atoms with Gasteiger partial charge in [0.15, 0.2) is 0 Å². The summed E-state index contributed by atoms with van der Waals surface area (Å²) >= 11 is 0. The molecule has 4 rings (SSSR count). The summed E-state index contributed by atoms with van der Waals surface area (Å²) in [4.78, 5) is 4.81. The van der Waals surface area contributed by atoms with E-state index in [1.165, 1.54) is 11.1 Å². The highest BCUT2D eigenvalue weighted by Gasteiger charge is 2.62. The first-order chi connectivity index (χ1) is 12.7. The van der Waals surface area contributed by atoms with Gasteiger partial charge in [0, 0.05) is 50.1 Å². The second-order valence-corrected chi connectivity index (χ2v) is 8.14. The summed E-state index contributed by atoms with van der Waals surface area (Å²) < 4.78 is 0. The molecule has 2 heterocycles. The van der Waals surface area contributed by atoms with Gasteiger partial charge in [0.05, 0.1) is 13.2 Å². The molecule has 2 aliphatic heterocycles. The number of nitrogens with zero attached hydrogens (tertiary/aromatic N) is 2. The minimum Gasteiger partial charge on any atom is -0.396 e. The Hall–Kier alpha value is -1.72. The monoisotopic (exact) mass is 352 g/mol. The molecular formula is C22H28N2O2. The number of fused-ring (bicyclic) bond motifs is 1. The second-order valence-electron chi connectivity index (χ2n) is 8.14. The van der Waals surface area contributed by atoms with E-state index in [1.807, 2.05) is 12.1 Å². The molecule has 2 aromatic carbocycles. The molecule has 2 fully saturated rings. The van der Waals surface area contributed by atoms with E-state index in [0.717, 1.165) is 39.3 Å². The van der Waals surface area contributed by atoms with Crippen molar-refractivity contribution in [2.75, 3.05) is 39.4 Å². The first kappa shape index (κ1) is 17.7. The molecule has 0 radical (unpaired) electrons. The fourth-order valence-corrected chi connectivity index (χ4v) is 5.04. The first-order valence-corrected chi connectivity index (χ1v) is 9.43. The third-order valence-corrected chi connectivity index (χ3v) is 6.33. The van der Waals surface area contributed by atoms with Gasteiger partial charge in [-0.05, 0) is 11.1 Å². The molecule has 0 bridgehead atoms. The molecule has 26 heavy (non-hydrogen) atoms. The lowest BCUT2D eigenvalue weighted by atomic mass is 9.69. The predicted octanol–water partition coefficient (Wildman–Crippen LogP) is 1.98. The summed E-state index contributed by atoms with van der Waals surface area (Å²) in [6.45, 7) is 5.36. The van der Waals surface area contributed by atoms with Crippen LogP contribution in [0.2, 0.25) is 0 Å². The van der Waals surface area contributed by atoms with Crippen molar-refractivity contribution in [1.82, 2.24) is 9.80 Å². The van der Waals surface area contributed by atoms with E-state index in [1.54, 1.807) is 0 Å². The van der Waals surface area contributed by atoms with Gasteiger partial charge in [-0.2, -0.15) is 0 Å². The standard InChI is InChI=1S/C22H28N2O2/c25-17-21-13-23(11-19-7-3-1-4-8-19)14-22(21,18-26)16-24(15-21)12-20-9-5-2-6-10-20/h1-10,25-26H,11-18H2/t21-,22+. The highest BCUT2D eigenvalue weighted by atomic mass is 16.3. The normalized spacial score (nSPS) is 29.2. The molecule has 2 N–H and O–H groups in total. The molecule has 0 aromatic heterocycles. The molecule has 0 atom stereocenters. The number of aliphatic hydroxyl groups excluding tert-OH is 2. The van der Waals surface area contributed by atoms with Crippen molar-refractivity contribution >= 4 is 0 Å². The summed E-state index contributed by atoms with van der Waals surface area (Å²) in [6.07, 6.45) is 0. The number of hydrogen-bond donors (Lipinski definition) is 2. The van der Waals surface area contributed by atoms with Gasteiger partial charge >= 0.3 is 0 Å². The van der Waals surface area contributed by atoms with E-state index in [0.29, 0.717) is 0 Å². The molecule has 138 valence electrons. The predicted molar refractivity (Wildman–Crippen MR) is 102 cm³/mol. The highest BCUT2D eigenvalue weighted by Crippen LogP contribution is 2.52. The Morgan fingerprint density at radius 1 is 0.615 bits per heavy atom. The third-order valence-electron chi connectivity index (χ3n) is 6.33. The molecule has 4 nitrogen and oxygen atoms in total. The van der Waals surface area contributed by atoms with Gasteiger partial charge in [0.25, 0.3) is 0 Å². The SMILES string of the molecule is OC[C@]12CN(Cc3ccccc3)C[C@@]1(CO)CN(Cc1ccccc1)C2. The van der Waals surface area contributed by atoms with Crippen LogP contribution in [0.4, 0.5) is 0 Å². The molecule has 0 saturated carbocycles. The Morgan fingerprint density at radius 3 is 1.27 bits per heavy atom. The quantitative estimate of drug-likeness (QED) is 0.835. The molecule has 2 aromatic rings. The molecule has 2 saturated heterocycles. The lowest BCUT2D eigenvalue weighted by molar-refractivity contribution is 0.0250. The molecule has 0 unspecified atom stereocenters. The number of hydrogen-bond acceptors (Lipinski definition) is 4. The average Bonchev–Trinajstić information content (AvgIpc) is 3.12. The van der Waals surface area contributed by atoms with Crippen molar-refractivity contribution in [3.8, 4) is 0 Å². The molecule has 4 heteroatoms. The van der Waals surface area contributed by atoms with Crippen LogP contribution in [0.25, 0.3) is 0 Å². The summed E-state index contributed by atoms with van der Waals surface area (Å²) in [5, 5.41) is 20.7. The Morgan fingerprint density at radius 2 is 0.962 bits per heavy atom. The van der Waals surface area contributed by atoms with Gasteiger partial charge in [-0.25, -0.2) is 0 Å². The minimum atomic E-state index is -0.245. The highest BCUT2D eigenvalue weighted by molar-refractivity contribution is 5.20. The van der Waals surface area contributed by atoms with Crippen LogP contribution in [0.15, 0.2) is 60.7 Å². The van der Waals surface area contributed by atoms with E-state index < -0.39 is 0 Å². The number of likely N-dealkylation sites (tertiary alicyclic amines) is 2. The summed E-state index contributed by atoms with van der Waals surface area (Å²) in [5.74, 6) is 0. The van der Waals surface area contributed by atoms with E-state index in [-0.39, 0.29) is 24.0 Å². The van der Waals surface area contributed by atoms with Crippen LogP contribution in [0, 0.1) is 10.8 Å². The maximum atomic E-state index is 10.3. The van der Waals surface area contributed by atoms with Gasteiger partial charge in [-0.15, -0.1) is 0 Å². The van der Waals surface area contributed by atoms with Gasteiger partial charge in [-0.3, -0.25) is 9.80 Å². The summed E-state index contributed by atoms with van der Waals surface area (Å²) in [6, 6.07) is 20.9. The Labute approximate surface area is 155 Å². The van der Waals surface area contributed by atoms with Crippen LogP contribution in [0.3, 0.4) is 0 Å². The van der Waals surface area contributed by atoms with Crippen LogP contribution >= 0.6 is 0 Å². The zero-order valence-electron chi connectivity index (χ0n) is 15.2. The smallest absolute Gasteiger partial charge is 0.0519 e. The maximum Gasteiger partial charge on any atom is 0.0519 e. The Bertz CT molecular complexity index is 644. The molecule has 0 amide bonds. The van der Waals surface area contributed by atoms with Crippen LogP contribution in [0.1, 0.15) is 11.1 Å². The van der Waals surface area contributed by atoms with Gasteiger partial charge in [-0.1, -0.05) is 60.7 Å². The fraction of sp³-hybridized carbons (Fsp3) is 0.455. The zero-order chi connectivity index (χ0) is 18.0. The average molecular weight is 352 g/mol. The van der Waals surface area contributed by atoms with Crippen molar-refractivity contribution in [1.29, 1.82) is 0 Å². The number of aliphatic hydroxyl groups is 2. The minimum absolute atomic E-state index is 0.129. The lowest BCUT2D eigenvalue weighted by Crippen LogP contribution is -2.45. The van der Waals surface area contributed by atoms with Gasteiger partial charge < -0.3 is 10.2 Å². The van der Waals surface area contributed by atoms with E-state index in [4.69, 9.17) is 0 Å². The lowest BCUT2D eigenvalue weighted by Gasteiger charge is -2.35. The van der Waals surface area contributed by atoms with Crippen LogP contribution in [0.5, 0.6) is 0 Å². The largest absolute Gasteiger partial charge is 0.396 e. The first-order valence-electron chi connectivity index (χ1n) is 9.43. The van der Waals surface area contributed by atoms with Crippen LogP contribution < -0.4 is 0 Å². The number of rotatable bonds is 6. The Balaban J connectivity index is 1.51. The van der Waals surface area contributed by atoms with E-state index in [2.05, 4.69) is 58.3 Å². The van der Waals surface area contributed by atoms with Crippen molar-refractivity contribution in [3.05, 3.63) is 71.8 Å². The van der Waals surface area contributed by atoms with Crippen molar-refractivity contribution in [2.24, 2.45) is 10.8 Å². The third kappa shape index (κ3) is 3.08. The second kappa shape index (κ2) is 7.12. The van der Waals surface area contributed by atoms with Crippen LogP contribution in [-0.4, -0.2) is 59.4 Å².